The van der Waals surface area contributed by atoms with E-state index >= 15 is 0 Å². The normalized spacial score (nSPS) is 11.1. The van der Waals surface area contributed by atoms with Crippen LogP contribution in [0.3, 0.4) is 0 Å². The van der Waals surface area contributed by atoms with E-state index in [2.05, 4.69) is 22.8 Å². The van der Waals surface area contributed by atoms with Crippen LogP contribution in [0.2, 0.25) is 0 Å². The first-order valence-electron chi connectivity index (χ1n) is 6.44. The number of hydrogen-bond acceptors (Lipinski definition) is 2. The lowest BCUT2D eigenvalue weighted by Crippen LogP contribution is -2.00. The zero-order valence-electron chi connectivity index (χ0n) is 11.4. The van der Waals surface area contributed by atoms with Crippen LogP contribution in [0.4, 0.5) is 0 Å². The molecule has 4 heteroatoms. The molecule has 1 N–H and O–H groups in total. The number of benzene rings is 1. The third-order valence-electron chi connectivity index (χ3n) is 3.53. The largest absolute Gasteiger partial charge is 0.478 e. The standard InChI is InChI=1S/C16H15NO3/c1-10-7-12-5-3-4-6-15(12)17(10)9-13-8-14(16(18)19)11(2)20-13/h3-8H,9H2,1-2H3,(H,18,19). The maximum atomic E-state index is 11.1. The van der Waals surface area contributed by atoms with Gasteiger partial charge in [-0.25, -0.2) is 4.79 Å². The number of carboxylic acids is 1. The predicted octanol–water partition coefficient (Wildman–Crippen LogP) is 3.60. The zero-order chi connectivity index (χ0) is 14.3. The molecule has 3 aromatic rings. The summed E-state index contributed by atoms with van der Waals surface area (Å²) < 4.78 is 7.68. The van der Waals surface area contributed by atoms with Crippen molar-refractivity contribution < 1.29 is 14.3 Å². The maximum absolute atomic E-state index is 11.1. The SMILES string of the molecule is Cc1oc(Cn2c(C)cc3ccccc32)cc1C(=O)O. The summed E-state index contributed by atoms with van der Waals surface area (Å²) in [4.78, 5) is 11.1. The molecule has 0 unspecified atom stereocenters. The highest BCUT2D eigenvalue weighted by atomic mass is 16.4. The Labute approximate surface area is 116 Å². The van der Waals surface area contributed by atoms with Gasteiger partial charge < -0.3 is 14.1 Å². The molecule has 20 heavy (non-hydrogen) atoms. The minimum Gasteiger partial charge on any atom is -0.478 e. The third-order valence-corrected chi connectivity index (χ3v) is 3.53. The molecule has 0 atom stereocenters. The lowest BCUT2D eigenvalue weighted by molar-refractivity contribution is 0.0695. The Morgan fingerprint density at radius 3 is 2.70 bits per heavy atom. The molecule has 0 bridgehead atoms. The van der Waals surface area contributed by atoms with E-state index in [9.17, 15) is 4.79 Å². The molecule has 0 radical (unpaired) electrons. The Morgan fingerprint density at radius 1 is 1.25 bits per heavy atom. The zero-order valence-corrected chi connectivity index (χ0v) is 11.4. The Bertz CT molecular complexity index is 795. The number of carbonyl (C=O) groups is 1. The number of fused-ring (bicyclic) bond motifs is 1. The van der Waals surface area contributed by atoms with Crippen LogP contribution in [0, 0.1) is 13.8 Å². The molecule has 0 saturated carbocycles. The van der Waals surface area contributed by atoms with Crippen molar-refractivity contribution in [3.8, 4) is 0 Å². The molecular weight excluding hydrogens is 254 g/mol. The van der Waals surface area contributed by atoms with Crippen molar-refractivity contribution in [2.24, 2.45) is 0 Å². The number of aromatic nitrogens is 1. The van der Waals surface area contributed by atoms with Crippen molar-refractivity contribution in [3.63, 3.8) is 0 Å². The summed E-state index contributed by atoms with van der Waals surface area (Å²) >= 11 is 0. The van der Waals surface area contributed by atoms with E-state index in [0.717, 1.165) is 11.2 Å². The van der Waals surface area contributed by atoms with Crippen LogP contribution in [-0.2, 0) is 6.54 Å². The highest BCUT2D eigenvalue weighted by molar-refractivity contribution is 5.88. The number of rotatable bonds is 3. The first kappa shape index (κ1) is 12.5. The minimum absolute atomic E-state index is 0.231. The van der Waals surface area contributed by atoms with Crippen LogP contribution in [0.15, 0.2) is 40.8 Å². The van der Waals surface area contributed by atoms with E-state index < -0.39 is 5.97 Å². The number of aromatic carboxylic acids is 1. The first-order valence-corrected chi connectivity index (χ1v) is 6.44. The highest BCUT2D eigenvalue weighted by Crippen LogP contribution is 2.22. The second kappa shape index (κ2) is 4.56. The van der Waals surface area contributed by atoms with Crippen molar-refractivity contribution >= 4 is 16.9 Å². The molecule has 0 fully saturated rings. The molecule has 0 saturated heterocycles. The quantitative estimate of drug-likeness (QED) is 0.790. The summed E-state index contributed by atoms with van der Waals surface area (Å²) in [7, 11) is 0. The average molecular weight is 269 g/mol. The van der Waals surface area contributed by atoms with Crippen LogP contribution in [0.5, 0.6) is 0 Å². The van der Waals surface area contributed by atoms with Crippen molar-refractivity contribution in [1.82, 2.24) is 4.57 Å². The van der Waals surface area contributed by atoms with E-state index in [1.807, 2.05) is 19.1 Å². The van der Waals surface area contributed by atoms with Gasteiger partial charge in [0.05, 0.1) is 6.54 Å². The number of nitrogens with zero attached hydrogens (tertiary/aromatic N) is 1. The summed E-state index contributed by atoms with van der Waals surface area (Å²) in [6.07, 6.45) is 0. The molecule has 4 nitrogen and oxygen atoms in total. The fraction of sp³-hybridized carbons (Fsp3) is 0.188. The lowest BCUT2D eigenvalue weighted by Gasteiger charge is -2.05. The van der Waals surface area contributed by atoms with Gasteiger partial charge in [0.2, 0.25) is 0 Å². The van der Waals surface area contributed by atoms with E-state index in [1.54, 1.807) is 13.0 Å². The molecule has 0 aliphatic rings. The molecule has 0 aliphatic heterocycles. The lowest BCUT2D eigenvalue weighted by atomic mass is 10.2. The maximum Gasteiger partial charge on any atom is 0.339 e. The minimum atomic E-state index is -0.952. The molecule has 3 rings (SSSR count). The summed E-state index contributed by atoms with van der Waals surface area (Å²) in [5.41, 5.74) is 2.47. The molecule has 0 amide bonds. The molecule has 0 aliphatic carbocycles. The van der Waals surface area contributed by atoms with Gasteiger partial charge in [-0.3, -0.25) is 0 Å². The van der Waals surface area contributed by atoms with Gasteiger partial charge in [-0.1, -0.05) is 18.2 Å². The van der Waals surface area contributed by atoms with Crippen molar-refractivity contribution in [2.75, 3.05) is 0 Å². The van der Waals surface area contributed by atoms with Crippen molar-refractivity contribution in [1.29, 1.82) is 0 Å². The summed E-state index contributed by atoms with van der Waals surface area (Å²) in [6.45, 7) is 4.24. The Hall–Kier alpha value is -2.49. The average Bonchev–Trinajstić information content (AvgIpc) is 2.92. The molecular formula is C16H15NO3. The van der Waals surface area contributed by atoms with Crippen LogP contribution >= 0.6 is 0 Å². The van der Waals surface area contributed by atoms with Gasteiger partial charge in [0, 0.05) is 11.2 Å². The van der Waals surface area contributed by atoms with Crippen LogP contribution in [0.25, 0.3) is 10.9 Å². The molecule has 2 heterocycles. The van der Waals surface area contributed by atoms with Gasteiger partial charge in [0.15, 0.2) is 0 Å². The monoisotopic (exact) mass is 269 g/mol. The van der Waals surface area contributed by atoms with Gasteiger partial charge in [-0.2, -0.15) is 0 Å². The van der Waals surface area contributed by atoms with E-state index in [-0.39, 0.29) is 5.56 Å². The summed E-state index contributed by atoms with van der Waals surface area (Å²) in [5, 5.41) is 10.2. The van der Waals surface area contributed by atoms with Gasteiger partial charge in [0.1, 0.15) is 17.1 Å². The van der Waals surface area contributed by atoms with Crippen LogP contribution in [0.1, 0.15) is 27.6 Å². The molecule has 2 aromatic heterocycles. The number of furan rings is 1. The Balaban J connectivity index is 2.03. The third kappa shape index (κ3) is 1.99. The fourth-order valence-corrected chi connectivity index (χ4v) is 2.55. The van der Waals surface area contributed by atoms with Crippen LogP contribution in [-0.4, -0.2) is 15.6 Å². The van der Waals surface area contributed by atoms with Crippen molar-refractivity contribution in [2.45, 2.75) is 20.4 Å². The van der Waals surface area contributed by atoms with Gasteiger partial charge in [0.25, 0.3) is 0 Å². The highest BCUT2D eigenvalue weighted by Gasteiger charge is 2.15. The number of aryl methyl sites for hydroxylation is 2. The fourth-order valence-electron chi connectivity index (χ4n) is 2.55. The number of hydrogen-bond donors (Lipinski definition) is 1. The molecule has 1 aromatic carbocycles. The van der Waals surface area contributed by atoms with Gasteiger partial charge >= 0.3 is 5.97 Å². The number of carboxylic acid groups (broad SMARTS) is 1. The van der Waals surface area contributed by atoms with E-state index in [0.29, 0.717) is 18.1 Å². The van der Waals surface area contributed by atoms with E-state index in [4.69, 9.17) is 9.52 Å². The first-order chi connectivity index (χ1) is 9.56. The topological polar surface area (TPSA) is 55.4 Å². The second-order valence-corrected chi connectivity index (χ2v) is 4.92. The van der Waals surface area contributed by atoms with Gasteiger partial charge in [-0.05, 0) is 37.4 Å². The van der Waals surface area contributed by atoms with Gasteiger partial charge in [-0.15, -0.1) is 0 Å². The number of para-hydroxylation sites is 1. The summed E-state index contributed by atoms with van der Waals surface area (Å²) in [5.74, 6) is 0.151. The molecule has 0 spiro atoms. The Kier molecular flexibility index (Phi) is 2.86. The van der Waals surface area contributed by atoms with Crippen molar-refractivity contribution in [3.05, 3.63) is 59.2 Å². The second-order valence-electron chi connectivity index (χ2n) is 4.92. The Morgan fingerprint density at radius 2 is 2.00 bits per heavy atom. The summed E-state index contributed by atoms with van der Waals surface area (Å²) in [6, 6.07) is 11.8. The smallest absolute Gasteiger partial charge is 0.339 e. The predicted molar refractivity (Wildman–Crippen MR) is 76.2 cm³/mol. The molecule has 102 valence electrons. The van der Waals surface area contributed by atoms with E-state index in [1.165, 1.54) is 5.39 Å². The van der Waals surface area contributed by atoms with Crippen LogP contribution < -0.4 is 0 Å².